The van der Waals surface area contributed by atoms with E-state index in [4.69, 9.17) is 19.8 Å². The minimum Gasteiger partial charge on any atom is -0.473 e. The van der Waals surface area contributed by atoms with Crippen molar-refractivity contribution < 1.29 is 108 Å². The first-order valence-electron chi connectivity index (χ1n) is 1.11. The van der Waals surface area contributed by atoms with Crippen molar-refractivity contribution in [3.63, 3.8) is 0 Å². The number of carbonyl (C=O) groups is 2. The van der Waals surface area contributed by atoms with Gasteiger partial charge in [-0.2, -0.15) is 0 Å². The molecule has 26 N–H and O–H groups in total. The van der Waals surface area contributed by atoms with Crippen molar-refractivity contribution in [1.29, 1.82) is 0 Å². The van der Waals surface area contributed by atoms with Crippen molar-refractivity contribution >= 4 is 11.9 Å². The predicted octanol–water partition coefficient (Wildman–Crippen LogP) is -10.7. The van der Waals surface area contributed by atoms with Gasteiger partial charge in [0, 0.05) is 22.4 Å². The first-order valence-corrected chi connectivity index (χ1v) is 1.11. The van der Waals surface area contributed by atoms with Crippen LogP contribution in [0.1, 0.15) is 0 Å². The zero-order chi connectivity index (χ0) is 5.15. The maximum atomic E-state index is 9.10. The molecule has 0 spiro atoms. The average molecular weight is 399 g/mol. The Hall–Kier alpha value is -0.800. The van der Waals surface area contributed by atoms with E-state index in [-0.39, 0.29) is 88.1 Å². The van der Waals surface area contributed by atoms with Crippen molar-refractivity contribution in [2.45, 2.75) is 0 Å². The van der Waals surface area contributed by atoms with Gasteiger partial charge in [-0.05, 0) is 0 Å². The Morgan fingerprint density at radius 3 is 0.474 bits per heavy atom. The summed E-state index contributed by atoms with van der Waals surface area (Å²) < 4.78 is 0. The summed E-state index contributed by atoms with van der Waals surface area (Å²) in [5, 5.41) is 14.8. The zero-order valence-electron chi connectivity index (χ0n) is 9.16. The predicted molar refractivity (Wildman–Crippen MR) is 58.6 cm³/mol. The number of aliphatic carboxylic acids is 2. The average Bonchev–Trinajstić information content (AvgIpc) is 1.36. The largest absolute Gasteiger partial charge is 0.473 e. The Kier molecular flexibility index (Phi) is 2680. The third-order valence-corrected chi connectivity index (χ3v) is 0.183. The molecule has 19 heavy (non-hydrogen) atoms. The van der Waals surface area contributed by atoms with E-state index in [1.165, 1.54) is 0 Å². The second-order valence-corrected chi connectivity index (χ2v) is 0.610. The van der Waals surface area contributed by atoms with Crippen LogP contribution in [-0.2, 0) is 32.0 Å². The van der Waals surface area contributed by atoms with Crippen LogP contribution in [-0.4, -0.2) is 87.9 Å². The number of hydrogen-bond donors (Lipinski definition) is 2. The van der Waals surface area contributed by atoms with Crippen LogP contribution in [0.15, 0.2) is 0 Å². The minimum absolute atomic E-state index is 0. The van der Waals surface area contributed by atoms with Gasteiger partial charge in [0.2, 0.25) is 0 Å². The van der Waals surface area contributed by atoms with Crippen molar-refractivity contribution in [3.8, 4) is 0 Å². The maximum Gasteiger partial charge on any atom is 0.414 e. The van der Waals surface area contributed by atoms with Gasteiger partial charge in [0.1, 0.15) is 0 Å². The van der Waals surface area contributed by atoms with E-state index in [9.17, 15) is 0 Å². The van der Waals surface area contributed by atoms with E-state index in [2.05, 4.69) is 0 Å². The molecule has 0 aliphatic rings. The molecule has 135 valence electrons. The van der Waals surface area contributed by atoms with Gasteiger partial charge in [0.15, 0.2) is 0 Å². The molecule has 0 rings (SSSR count). The van der Waals surface area contributed by atoms with Gasteiger partial charge in [-0.15, -0.1) is 0 Å². The van der Waals surface area contributed by atoms with Gasteiger partial charge in [-0.3, -0.25) is 0 Å². The summed E-state index contributed by atoms with van der Waals surface area (Å²) in [6, 6.07) is 0. The number of carboxylic acids is 2. The van der Waals surface area contributed by atoms with Gasteiger partial charge < -0.3 is 75.9 Å². The minimum atomic E-state index is -1.82. The van der Waals surface area contributed by atoms with E-state index in [0.717, 1.165) is 0 Å². The normalized spacial score (nSPS) is 2.32. The summed E-state index contributed by atoms with van der Waals surface area (Å²) in [5.41, 5.74) is 0. The Morgan fingerprint density at radius 1 is 0.421 bits per heavy atom. The van der Waals surface area contributed by atoms with Crippen LogP contribution in [0.2, 0.25) is 0 Å². The molecule has 0 atom stereocenters. The number of hydrogen-bond acceptors (Lipinski definition) is 2. The fourth-order valence-electron chi connectivity index (χ4n) is 0. The van der Waals surface area contributed by atoms with Gasteiger partial charge in [0.25, 0.3) is 0 Å². The van der Waals surface area contributed by atoms with E-state index < -0.39 is 11.9 Å². The molecule has 16 nitrogen and oxygen atoms in total. The Balaban J connectivity index is -0.00000000160. The number of carboxylic acid groups (broad SMARTS) is 2. The van der Waals surface area contributed by atoms with Crippen LogP contribution in [0.3, 0.4) is 0 Å². The summed E-state index contributed by atoms with van der Waals surface area (Å²) >= 11 is 0. The van der Waals surface area contributed by atoms with Gasteiger partial charge in [-0.1, -0.05) is 0 Å². The Labute approximate surface area is 120 Å². The fourth-order valence-corrected chi connectivity index (χ4v) is 0. The molecule has 0 heterocycles. The molecular formula is C2H26NbO16. The van der Waals surface area contributed by atoms with Crippen LogP contribution in [0.4, 0.5) is 0 Å². The van der Waals surface area contributed by atoms with E-state index in [1.807, 2.05) is 0 Å². The molecule has 0 aliphatic heterocycles. The zero-order valence-corrected chi connectivity index (χ0v) is 11.4. The molecule has 0 amide bonds. The molecule has 0 saturated heterocycles. The van der Waals surface area contributed by atoms with Crippen molar-refractivity contribution in [3.05, 3.63) is 0 Å². The molecule has 1 radical (unpaired) electrons. The summed E-state index contributed by atoms with van der Waals surface area (Å²) in [6.45, 7) is 0. The third kappa shape index (κ3) is 388. The molecule has 0 aromatic rings. The third-order valence-electron chi connectivity index (χ3n) is 0.183. The molecule has 0 aliphatic carbocycles. The molecule has 0 fully saturated rings. The van der Waals surface area contributed by atoms with E-state index in [1.54, 1.807) is 0 Å². The van der Waals surface area contributed by atoms with Crippen molar-refractivity contribution in [2.75, 3.05) is 0 Å². The summed E-state index contributed by atoms with van der Waals surface area (Å²) in [5.74, 6) is -3.65. The molecule has 0 unspecified atom stereocenters. The SMILES string of the molecule is O.O.O.O.O.O.O.O.O.O.O.O.O=C(O)C(=O)O.[Nb]. The first-order chi connectivity index (χ1) is 2.64. The van der Waals surface area contributed by atoms with Crippen LogP contribution in [0.25, 0.3) is 0 Å². The molecule has 0 aromatic heterocycles. The Morgan fingerprint density at radius 2 is 0.474 bits per heavy atom. The van der Waals surface area contributed by atoms with Crippen LogP contribution in [0, 0.1) is 0 Å². The molecular weight excluding hydrogens is 373 g/mol. The molecule has 0 aromatic carbocycles. The smallest absolute Gasteiger partial charge is 0.414 e. The molecule has 0 bridgehead atoms. The standard InChI is InChI=1S/C2H2O4.Nb.12H2O/c3-1(4)2(5)6;;;;;;;;;;;;;/h(H,3,4)(H,5,6);;12*1H2. The molecule has 0 saturated carbocycles. The van der Waals surface area contributed by atoms with E-state index >= 15 is 0 Å². The van der Waals surface area contributed by atoms with Crippen molar-refractivity contribution in [2.24, 2.45) is 0 Å². The topological polar surface area (TPSA) is 453 Å². The monoisotopic (exact) mass is 399 g/mol. The molecule has 17 heteroatoms. The second-order valence-electron chi connectivity index (χ2n) is 0.610. The van der Waals surface area contributed by atoms with Gasteiger partial charge in [0.05, 0.1) is 0 Å². The summed E-state index contributed by atoms with van der Waals surface area (Å²) in [4.78, 5) is 18.2. The summed E-state index contributed by atoms with van der Waals surface area (Å²) in [6.07, 6.45) is 0. The maximum absolute atomic E-state index is 9.10. The van der Waals surface area contributed by atoms with Crippen LogP contribution < -0.4 is 0 Å². The quantitative estimate of drug-likeness (QED) is 0.295. The van der Waals surface area contributed by atoms with Crippen LogP contribution >= 0.6 is 0 Å². The fraction of sp³-hybridized carbons (Fsp3) is 0. The Bertz CT molecular complexity index is 80.7. The van der Waals surface area contributed by atoms with Crippen molar-refractivity contribution in [1.82, 2.24) is 0 Å². The van der Waals surface area contributed by atoms with E-state index in [0.29, 0.717) is 0 Å². The second kappa shape index (κ2) is 167. The van der Waals surface area contributed by atoms with Crippen LogP contribution in [0.5, 0.6) is 0 Å². The van der Waals surface area contributed by atoms with Gasteiger partial charge in [-0.25, -0.2) is 9.59 Å². The first kappa shape index (κ1) is 305. The summed E-state index contributed by atoms with van der Waals surface area (Å²) in [7, 11) is 0. The number of rotatable bonds is 0. The van der Waals surface area contributed by atoms with Gasteiger partial charge >= 0.3 is 11.9 Å².